The summed E-state index contributed by atoms with van der Waals surface area (Å²) in [6, 6.07) is 0. The molecule has 0 radical (unpaired) electrons. The third kappa shape index (κ3) is 63.9. The van der Waals surface area contributed by atoms with Crippen LogP contribution in [0.2, 0.25) is 0 Å². The Balaban J connectivity index is 3.43. The second-order valence-electron chi connectivity index (χ2n) is 22.5. The van der Waals surface area contributed by atoms with Crippen molar-refractivity contribution in [1.29, 1.82) is 0 Å². The van der Waals surface area contributed by atoms with E-state index in [-0.39, 0.29) is 25.2 Å². The summed E-state index contributed by atoms with van der Waals surface area (Å²) in [5.74, 6) is -0.571. The molecule has 0 aliphatic carbocycles. The van der Waals surface area contributed by atoms with Gasteiger partial charge in [-0.2, -0.15) is 0 Å². The van der Waals surface area contributed by atoms with E-state index in [4.69, 9.17) is 9.47 Å². The van der Waals surface area contributed by atoms with Crippen LogP contribution in [0.25, 0.3) is 0 Å². The van der Waals surface area contributed by atoms with Crippen LogP contribution < -0.4 is 0 Å². The van der Waals surface area contributed by atoms with Gasteiger partial charge in [-0.05, 0) is 64.2 Å². The van der Waals surface area contributed by atoms with E-state index >= 15 is 0 Å². The Morgan fingerprint density at radius 2 is 0.566 bits per heavy atom. The van der Waals surface area contributed by atoms with E-state index in [1.807, 2.05) is 0 Å². The molecule has 76 heavy (non-hydrogen) atoms. The molecule has 0 spiro atoms. The Bertz CT molecular complexity index is 1340. The largest absolute Gasteiger partial charge is 0.462 e. The fraction of sp³-hybridized carbons (Fsp3) is 0.803. The summed E-state index contributed by atoms with van der Waals surface area (Å²) in [7, 11) is 0. The molecule has 0 aliphatic heterocycles. The summed E-state index contributed by atoms with van der Waals surface area (Å²) < 4.78 is 10.8. The van der Waals surface area contributed by atoms with Gasteiger partial charge in [0.25, 0.3) is 0 Å². The Labute approximate surface area is 473 Å². The highest BCUT2D eigenvalue weighted by Gasteiger charge is 2.16. The molecule has 5 heteroatoms. The number of ether oxygens (including phenoxy) is 2. The van der Waals surface area contributed by atoms with Gasteiger partial charge in [-0.15, -0.1) is 0 Å². The van der Waals surface area contributed by atoms with Gasteiger partial charge >= 0.3 is 11.9 Å². The van der Waals surface area contributed by atoms with Crippen molar-refractivity contribution in [3.8, 4) is 0 Å². The number of hydrogen-bond acceptors (Lipinski definition) is 5. The number of carbonyl (C=O) groups excluding carboxylic acids is 2. The molecule has 0 bridgehead atoms. The van der Waals surface area contributed by atoms with Crippen molar-refractivity contribution >= 4 is 11.9 Å². The minimum atomic E-state index is -0.772. The summed E-state index contributed by atoms with van der Waals surface area (Å²) in [4.78, 5) is 24.6. The zero-order valence-corrected chi connectivity index (χ0v) is 50.8. The van der Waals surface area contributed by atoms with E-state index in [1.54, 1.807) is 0 Å². The smallest absolute Gasteiger partial charge is 0.306 e. The zero-order valence-electron chi connectivity index (χ0n) is 50.8. The zero-order chi connectivity index (χ0) is 54.8. The van der Waals surface area contributed by atoms with Crippen molar-refractivity contribution in [3.05, 3.63) is 72.9 Å². The van der Waals surface area contributed by atoms with Crippen LogP contribution in [0, 0.1) is 0 Å². The number of aliphatic hydroxyl groups is 1. The van der Waals surface area contributed by atoms with Crippen molar-refractivity contribution < 1.29 is 24.2 Å². The number of aliphatic hydroxyl groups excluding tert-OH is 1. The Morgan fingerprint density at radius 3 is 0.855 bits per heavy atom. The molecule has 1 atom stereocenters. The molecule has 0 aromatic rings. The molecule has 442 valence electrons. The Morgan fingerprint density at radius 1 is 0.316 bits per heavy atom. The molecule has 0 fully saturated rings. The van der Waals surface area contributed by atoms with E-state index in [2.05, 4.69) is 86.8 Å². The maximum absolute atomic E-state index is 12.4. The molecule has 0 saturated heterocycles. The number of esters is 2. The number of allylic oxidation sites excluding steroid dienone is 12. The predicted octanol–water partition coefficient (Wildman–Crippen LogP) is 23.1. The first kappa shape index (κ1) is 73.3. The minimum absolute atomic E-state index is 0.0613. The van der Waals surface area contributed by atoms with Gasteiger partial charge < -0.3 is 14.6 Å². The summed E-state index contributed by atoms with van der Waals surface area (Å²) in [6.07, 6.45) is 92.1. The van der Waals surface area contributed by atoms with Gasteiger partial charge in [0.2, 0.25) is 0 Å². The molecular formula is C71H128O5. The molecule has 0 saturated carbocycles. The molecule has 1 N–H and O–H groups in total. The fourth-order valence-corrected chi connectivity index (χ4v) is 10.0. The average Bonchev–Trinajstić information content (AvgIpc) is 3.42. The molecule has 0 aliphatic rings. The van der Waals surface area contributed by atoms with Gasteiger partial charge in [-0.1, -0.05) is 344 Å². The molecule has 0 heterocycles. The lowest BCUT2D eigenvalue weighted by atomic mass is 10.0. The topological polar surface area (TPSA) is 72.8 Å². The molecule has 0 amide bonds. The SMILES string of the molecule is CC/C=C\C/C=C\C/C=C\C/C=C\C/C=C\C/C=C\CCCCCCCCCCCCCCCCCCCCC(=O)OC(CO)COC(=O)CCCCCCCCCCCCCCCCCCCCCCCCCCC. The maximum Gasteiger partial charge on any atom is 0.306 e. The fourth-order valence-electron chi connectivity index (χ4n) is 10.0. The van der Waals surface area contributed by atoms with Gasteiger partial charge in [0.15, 0.2) is 6.10 Å². The second-order valence-corrected chi connectivity index (χ2v) is 22.5. The average molecular weight is 1060 g/mol. The number of unbranched alkanes of at least 4 members (excludes halogenated alkanes) is 42. The van der Waals surface area contributed by atoms with Crippen LogP contribution in [-0.2, 0) is 19.1 Å². The van der Waals surface area contributed by atoms with Gasteiger partial charge in [0.05, 0.1) is 6.61 Å². The first-order chi connectivity index (χ1) is 37.6. The van der Waals surface area contributed by atoms with E-state index in [0.29, 0.717) is 12.8 Å². The van der Waals surface area contributed by atoms with E-state index in [9.17, 15) is 14.7 Å². The van der Waals surface area contributed by atoms with Crippen LogP contribution in [0.1, 0.15) is 348 Å². The van der Waals surface area contributed by atoms with Gasteiger partial charge in [0.1, 0.15) is 6.61 Å². The molecule has 5 nitrogen and oxygen atoms in total. The molecule has 1 unspecified atom stereocenters. The van der Waals surface area contributed by atoms with Gasteiger partial charge in [-0.25, -0.2) is 0 Å². The van der Waals surface area contributed by atoms with Crippen LogP contribution in [0.15, 0.2) is 72.9 Å². The number of rotatable bonds is 62. The van der Waals surface area contributed by atoms with E-state index in [1.165, 1.54) is 250 Å². The number of carbonyl (C=O) groups is 2. The van der Waals surface area contributed by atoms with Crippen LogP contribution in [-0.4, -0.2) is 36.4 Å². The monoisotopic (exact) mass is 1060 g/mol. The summed E-state index contributed by atoms with van der Waals surface area (Å²) in [5, 5.41) is 9.69. The van der Waals surface area contributed by atoms with Crippen LogP contribution in [0.3, 0.4) is 0 Å². The summed E-state index contributed by atoms with van der Waals surface area (Å²) >= 11 is 0. The molecule has 0 aromatic heterocycles. The van der Waals surface area contributed by atoms with Crippen molar-refractivity contribution in [2.24, 2.45) is 0 Å². The summed E-state index contributed by atoms with van der Waals surface area (Å²) in [6.45, 7) is 4.08. The van der Waals surface area contributed by atoms with Crippen molar-refractivity contribution in [1.82, 2.24) is 0 Å². The number of hydrogen-bond donors (Lipinski definition) is 1. The highest BCUT2D eigenvalue weighted by molar-refractivity contribution is 5.70. The third-order valence-electron chi connectivity index (χ3n) is 15.0. The van der Waals surface area contributed by atoms with Crippen molar-refractivity contribution in [2.45, 2.75) is 354 Å². The lowest BCUT2D eigenvalue weighted by Crippen LogP contribution is -2.28. The molecular weight excluding hydrogens is 933 g/mol. The predicted molar refractivity (Wildman–Crippen MR) is 334 cm³/mol. The first-order valence-corrected chi connectivity index (χ1v) is 33.5. The Kier molecular flexibility index (Phi) is 64.3. The van der Waals surface area contributed by atoms with Crippen molar-refractivity contribution in [3.63, 3.8) is 0 Å². The highest BCUT2D eigenvalue weighted by atomic mass is 16.6. The maximum atomic E-state index is 12.4. The van der Waals surface area contributed by atoms with Crippen molar-refractivity contribution in [2.75, 3.05) is 13.2 Å². The second kappa shape index (κ2) is 66.6. The van der Waals surface area contributed by atoms with E-state index < -0.39 is 6.10 Å². The molecule has 0 rings (SSSR count). The normalized spacial score (nSPS) is 12.6. The van der Waals surface area contributed by atoms with Crippen LogP contribution in [0.5, 0.6) is 0 Å². The van der Waals surface area contributed by atoms with E-state index in [0.717, 1.165) is 70.6 Å². The van der Waals surface area contributed by atoms with Crippen LogP contribution in [0.4, 0.5) is 0 Å². The van der Waals surface area contributed by atoms with Crippen LogP contribution >= 0.6 is 0 Å². The standard InChI is InChI=1S/C71H128O5/c1-3-5-7-9-11-13-15-17-19-21-23-25-27-29-30-31-32-33-34-35-36-37-38-39-40-42-44-46-48-50-52-54-56-58-60-62-64-66-71(74)76-69(67-72)68-75-70(73)65-63-61-59-57-55-53-51-49-47-45-43-41-28-26-24-22-20-18-16-14-12-10-8-6-4-2/h5,7,11,13,17,19,23,25,29-30,32-33,69,72H,3-4,6,8-10,12,14-16,18,20-22,24,26-28,31,34-68H2,1-2H3/b7-5-,13-11-,19-17-,25-23-,30-29-,33-32-. The Hall–Kier alpha value is -2.66. The minimum Gasteiger partial charge on any atom is -0.462 e. The lowest BCUT2D eigenvalue weighted by Gasteiger charge is -2.15. The third-order valence-corrected chi connectivity index (χ3v) is 15.0. The van der Waals surface area contributed by atoms with Gasteiger partial charge in [-0.3, -0.25) is 9.59 Å². The lowest BCUT2D eigenvalue weighted by molar-refractivity contribution is -0.161. The first-order valence-electron chi connectivity index (χ1n) is 33.5. The highest BCUT2D eigenvalue weighted by Crippen LogP contribution is 2.18. The van der Waals surface area contributed by atoms with Gasteiger partial charge in [0, 0.05) is 12.8 Å². The molecule has 0 aromatic carbocycles. The quantitative estimate of drug-likeness (QED) is 0.0373. The summed E-state index contributed by atoms with van der Waals surface area (Å²) in [5.41, 5.74) is 0.